The van der Waals surface area contributed by atoms with Crippen LogP contribution in [0.2, 0.25) is 0 Å². The third-order valence-corrected chi connectivity index (χ3v) is 3.94. The summed E-state index contributed by atoms with van der Waals surface area (Å²) in [6.45, 7) is 3.52. The van der Waals surface area contributed by atoms with Crippen molar-refractivity contribution >= 4 is 11.8 Å². The topological polar surface area (TPSA) is 0 Å². The molecule has 2 aromatic carbocycles. The summed E-state index contributed by atoms with van der Waals surface area (Å²) in [4.78, 5) is 1.05. The van der Waals surface area contributed by atoms with Crippen LogP contribution in [0, 0.1) is 13.8 Å². The predicted molar refractivity (Wildman–Crippen MR) is 71.5 cm³/mol. The van der Waals surface area contributed by atoms with Crippen LogP contribution in [0.5, 0.6) is 0 Å². The molecule has 0 fully saturated rings. The molecule has 2 aromatic rings. The van der Waals surface area contributed by atoms with Crippen molar-refractivity contribution in [2.45, 2.75) is 29.8 Å². The molecule has 0 atom stereocenters. The van der Waals surface area contributed by atoms with Crippen LogP contribution < -0.4 is 0 Å². The maximum absolute atomic E-state index is 13.0. The summed E-state index contributed by atoms with van der Waals surface area (Å²) in [5.74, 6) is 0. The van der Waals surface area contributed by atoms with E-state index in [1.165, 1.54) is 6.07 Å². The minimum Gasteiger partial charge on any atom is -0.166 e. The lowest BCUT2D eigenvalue weighted by Crippen LogP contribution is -2.07. The highest BCUT2D eigenvalue weighted by atomic mass is 32.2. The first-order chi connectivity index (χ1) is 8.88. The Kier molecular flexibility index (Phi) is 3.90. The second-order valence-electron chi connectivity index (χ2n) is 4.35. The van der Waals surface area contributed by atoms with E-state index in [0.29, 0.717) is 5.56 Å². The fourth-order valence-electron chi connectivity index (χ4n) is 1.71. The Morgan fingerprint density at radius 1 is 0.895 bits per heavy atom. The van der Waals surface area contributed by atoms with Crippen LogP contribution in [0.25, 0.3) is 0 Å². The molecular weight excluding hydrogens is 269 g/mol. The molecule has 0 N–H and O–H groups in total. The molecule has 0 heterocycles. The summed E-state index contributed by atoms with van der Waals surface area (Å²) >= 11 is 1.14. The van der Waals surface area contributed by atoms with Gasteiger partial charge in [0.1, 0.15) is 0 Å². The van der Waals surface area contributed by atoms with Crippen molar-refractivity contribution in [3.8, 4) is 0 Å². The molecule has 0 unspecified atom stereocenters. The fourth-order valence-corrected chi connectivity index (χ4v) is 2.78. The first-order valence-corrected chi connectivity index (χ1v) is 6.61. The predicted octanol–water partition coefficient (Wildman–Crippen LogP) is 5.47. The Labute approximate surface area is 114 Å². The Morgan fingerprint density at radius 2 is 1.47 bits per heavy atom. The van der Waals surface area contributed by atoms with E-state index in [2.05, 4.69) is 0 Å². The molecular formula is C15H13F3S. The van der Waals surface area contributed by atoms with Crippen LogP contribution >= 0.6 is 11.8 Å². The summed E-state index contributed by atoms with van der Waals surface area (Å²) in [5, 5.41) is 0. The Hall–Kier alpha value is -1.42. The number of hydrogen-bond acceptors (Lipinski definition) is 1. The highest BCUT2D eigenvalue weighted by Crippen LogP contribution is 2.40. The van der Waals surface area contributed by atoms with Crippen LogP contribution in [0.4, 0.5) is 13.2 Å². The standard InChI is InChI=1S/C15H13F3S/c1-10-8-13(15(16,17)18)14(9-11(10)2)19-12-6-4-3-5-7-12/h3-9H,1-2H3. The van der Waals surface area contributed by atoms with Gasteiger partial charge in [-0.3, -0.25) is 0 Å². The largest absolute Gasteiger partial charge is 0.417 e. The molecule has 0 saturated carbocycles. The van der Waals surface area contributed by atoms with Gasteiger partial charge in [-0.25, -0.2) is 0 Å². The van der Waals surface area contributed by atoms with Crippen LogP contribution in [0.1, 0.15) is 16.7 Å². The number of aryl methyl sites for hydroxylation is 2. The zero-order valence-corrected chi connectivity index (χ0v) is 11.4. The SMILES string of the molecule is Cc1cc(Sc2ccccc2)c(C(F)(F)F)cc1C. The molecule has 100 valence electrons. The summed E-state index contributed by atoms with van der Waals surface area (Å²) in [6.07, 6.45) is -4.32. The summed E-state index contributed by atoms with van der Waals surface area (Å²) in [6, 6.07) is 11.9. The molecule has 0 radical (unpaired) electrons. The minimum atomic E-state index is -4.32. The van der Waals surface area contributed by atoms with Gasteiger partial charge >= 0.3 is 6.18 Å². The monoisotopic (exact) mass is 282 g/mol. The van der Waals surface area contributed by atoms with Crippen molar-refractivity contribution in [1.82, 2.24) is 0 Å². The van der Waals surface area contributed by atoms with Crippen molar-refractivity contribution < 1.29 is 13.2 Å². The van der Waals surface area contributed by atoms with Crippen LogP contribution in [-0.2, 0) is 6.18 Å². The number of benzene rings is 2. The lowest BCUT2D eigenvalue weighted by atomic mass is 10.1. The van der Waals surface area contributed by atoms with Crippen molar-refractivity contribution in [2.75, 3.05) is 0 Å². The van der Waals surface area contributed by atoms with E-state index in [4.69, 9.17) is 0 Å². The van der Waals surface area contributed by atoms with Gasteiger partial charge < -0.3 is 0 Å². The van der Waals surface area contributed by atoms with E-state index in [0.717, 1.165) is 22.2 Å². The lowest BCUT2D eigenvalue weighted by Gasteiger charge is -2.15. The van der Waals surface area contributed by atoms with Gasteiger partial charge in [-0.1, -0.05) is 30.0 Å². The quantitative estimate of drug-likeness (QED) is 0.703. The van der Waals surface area contributed by atoms with Gasteiger partial charge in [-0.15, -0.1) is 0 Å². The first kappa shape index (κ1) is 14.0. The van der Waals surface area contributed by atoms with Crippen LogP contribution in [0.15, 0.2) is 52.3 Å². The molecule has 4 heteroatoms. The summed E-state index contributed by atoms with van der Waals surface area (Å²) < 4.78 is 39.1. The van der Waals surface area contributed by atoms with Crippen molar-refractivity contribution in [3.63, 3.8) is 0 Å². The van der Waals surface area contributed by atoms with E-state index in [-0.39, 0.29) is 4.90 Å². The lowest BCUT2D eigenvalue weighted by molar-refractivity contribution is -0.139. The van der Waals surface area contributed by atoms with Crippen molar-refractivity contribution in [2.24, 2.45) is 0 Å². The Balaban J connectivity index is 2.47. The molecule has 2 rings (SSSR count). The third-order valence-electron chi connectivity index (χ3n) is 2.87. The number of alkyl halides is 3. The maximum Gasteiger partial charge on any atom is 0.417 e. The van der Waals surface area contributed by atoms with E-state index < -0.39 is 11.7 Å². The third kappa shape index (κ3) is 3.32. The molecule has 0 aliphatic carbocycles. The zero-order chi connectivity index (χ0) is 14.0. The maximum atomic E-state index is 13.0. The number of halogens is 3. The minimum absolute atomic E-state index is 0.252. The Morgan fingerprint density at radius 3 is 2.05 bits per heavy atom. The average molecular weight is 282 g/mol. The zero-order valence-electron chi connectivity index (χ0n) is 10.6. The van der Waals surface area contributed by atoms with Crippen LogP contribution in [0.3, 0.4) is 0 Å². The highest BCUT2D eigenvalue weighted by Gasteiger charge is 2.34. The number of rotatable bonds is 2. The molecule has 0 bridgehead atoms. The van der Waals surface area contributed by atoms with E-state index in [1.807, 2.05) is 25.1 Å². The normalized spacial score (nSPS) is 11.6. The molecule has 0 saturated heterocycles. The van der Waals surface area contributed by atoms with Gasteiger partial charge in [-0.05, 0) is 49.2 Å². The van der Waals surface area contributed by atoms with E-state index in [1.54, 1.807) is 25.1 Å². The second-order valence-corrected chi connectivity index (χ2v) is 5.46. The average Bonchev–Trinajstić information content (AvgIpc) is 2.33. The Bertz CT molecular complexity index is 574. The molecule has 0 aliphatic rings. The van der Waals surface area contributed by atoms with Gasteiger partial charge in [0.25, 0.3) is 0 Å². The molecule has 0 aliphatic heterocycles. The van der Waals surface area contributed by atoms with Crippen LogP contribution in [-0.4, -0.2) is 0 Å². The smallest absolute Gasteiger partial charge is 0.166 e. The first-order valence-electron chi connectivity index (χ1n) is 5.79. The van der Waals surface area contributed by atoms with Crippen molar-refractivity contribution in [1.29, 1.82) is 0 Å². The van der Waals surface area contributed by atoms with E-state index in [9.17, 15) is 13.2 Å². The second kappa shape index (κ2) is 5.29. The summed E-state index contributed by atoms with van der Waals surface area (Å²) in [5.41, 5.74) is 0.959. The molecule has 0 aromatic heterocycles. The molecule has 19 heavy (non-hydrogen) atoms. The van der Waals surface area contributed by atoms with Gasteiger partial charge in [0.05, 0.1) is 5.56 Å². The van der Waals surface area contributed by atoms with Gasteiger partial charge in [0.2, 0.25) is 0 Å². The van der Waals surface area contributed by atoms with E-state index >= 15 is 0 Å². The number of hydrogen-bond donors (Lipinski definition) is 0. The highest BCUT2D eigenvalue weighted by molar-refractivity contribution is 7.99. The van der Waals surface area contributed by atoms with Gasteiger partial charge in [0.15, 0.2) is 0 Å². The summed E-state index contributed by atoms with van der Waals surface area (Å²) in [7, 11) is 0. The van der Waals surface area contributed by atoms with Gasteiger partial charge in [0, 0.05) is 9.79 Å². The van der Waals surface area contributed by atoms with Crippen molar-refractivity contribution in [3.05, 3.63) is 59.2 Å². The fraction of sp³-hybridized carbons (Fsp3) is 0.200. The molecule has 0 amide bonds. The molecule has 0 spiro atoms. The molecule has 0 nitrogen and oxygen atoms in total. The van der Waals surface area contributed by atoms with Gasteiger partial charge in [-0.2, -0.15) is 13.2 Å².